The summed E-state index contributed by atoms with van der Waals surface area (Å²) in [5.41, 5.74) is 0. The zero-order valence-corrected chi connectivity index (χ0v) is 11.0. The topological polar surface area (TPSA) is 81.7 Å². The molecule has 3 rings (SSSR count). The van der Waals surface area contributed by atoms with Crippen LogP contribution >= 0.6 is 0 Å². The van der Waals surface area contributed by atoms with Crippen LogP contribution in [0.5, 0.6) is 0 Å². The average Bonchev–Trinajstić information content (AvgIpc) is 3.17. The highest BCUT2D eigenvalue weighted by Gasteiger charge is 2.11. The first-order valence-corrected chi connectivity index (χ1v) is 6.39. The Kier molecular flexibility index (Phi) is 3.40. The minimum Gasteiger partial charge on any atom is -0.461 e. The molecule has 0 aromatic carbocycles. The van der Waals surface area contributed by atoms with E-state index in [9.17, 15) is 0 Å². The summed E-state index contributed by atoms with van der Waals surface area (Å²) in [6.45, 7) is 2.88. The van der Waals surface area contributed by atoms with E-state index in [4.69, 9.17) is 4.42 Å². The molecule has 0 bridgehead atoms. The first-order valence-electron chi connectivity index (χ1n) is 6.39. The van der Waals surface area contributed by atoms with E-state index < -0.39 is 0 Å². The number of anilines is 1. The van der Waals surface area contributed by atoms with Gasteiger partial charge in [0, 0.05) is 18.9 Å². The van der Waals surface area contributed by atoms with Gasteiger partial charge in [-0.1, -0.05) is 6.92 Å². The quantitative estimate of drug-likeness (QED) is 0.765. The van der Waals surface area contributed by atoms with Crippen LogP contribution in [0.15, 0.2) is 41.5 Å². The maximum atomic E-state index is 5.35. The van der Waals surface area contributed by atoms with Gasteiger partial charge in [-0.2, -0.15) is 15.0 Å². The number of nitrogens with zero attached hydrogens (tertiary/aromatic N) is 5. The summed E-state index contributed by atoms with van der Waals surface area (Å²) in [7, 11) is 0. The van der Waals surface area contributed by atoms with E-state index in [1.165, 1.54) is 0 Å². The number of nitrogens with one attached hydrogen (secondary N) is 1. The van der Waals surface area contributed by atoms with E-state index in [1.54, 1.807) is 35.6 Å². The molecule has 102 valence electrons. The predicted molar refractivity (Wildman–Crippen MR) is 73.4 cm³/mol. The zero-order chi connectivity index (χ0) is 13.8. The van der Waals surface area contributed by atoms with E-state index in [2.05, 4.69) is 32.2 Å². The Morgan fingerprint density at radius 3 is 2.95 bits per heavy atom. The van der Waals surface area contributed by atoms with Crippen molar-refractivity contribution in [2.75, 3.05) is 11.9 Å². The van der Waals surface area contributed by atoms with Gasteiger partial charge in [0.2, 0.25) is 17.7 Å². The van der Waals surface area contributed by atoms with Crippen LogP contribution < -0.4 is 5.32 Å². The normalized spacial score (nSPS) is 10.7. The fourth-order valence-electron chi connectivity index (χ4n) is 1.69. The molecule has 0 fully saturated rings. The summed E-state index contributed by atoms with van der Waals surface area (Å²) < 4.78 is 7.07. The minimum absolute atomic E-state index is 0.493. The van der Waals surface area contributed by atoms with Gasteiger partial charge in [0.25, 0.3) is 0 Å². The lowest BCUT2D eigenvalue weighted by Gasteiger charge is -2.07. The van der Waals surface area contributed by atoms with Gasteiger partial charge in [0.05, 0.1) is 6.26 Å². The molecule has 0 aliphatic heterocycles. The van der Waals surface area contributed by atoms with E-state index in [0.29, 0.717) is 23.5 Å². The third kappa shape index (κ3) is 2.51. The molecule has 0 aliphatic rings. The van der Waals surface area contributed by atoms with E-state index in [1.807, 2.05) is 6.07 Å². The molecule has 3 aromatic rings. The van der Waals surface area contributed by atoms with Gasteiger partial charge in [0.1, 0.15) is 6.33 Å². The number of furan rings is 1. The molecule has 0 spiro atoms. The molecule has 3 heterocycles. The van der Waals surface area contributed by atoms with Crippen LogP contribution in [0.1, 0.15) is 13.3 Å². The number of hydrogen-bond donors (Lipinski definition) is 1. The first-order chi connectivity index (χ1) is 9.86. The van der Waals surface area contributed by atoms with Gasteiger partial charge < -0.3 is 9.73 Å². The number of rotatable bonds is 5. The molecule has 0 unspecified atom stereocenters. The number of hydrogen-bond acceptors (Lipinski definition) is 6. The predicted octanol–water partition coefficient (Wildman–Crippen LogP) is 2.14. The number of aromatic nitrogens is 5. The second-order valence-corrected chi connectivity index (χ2v) is 4.16. The van der Waals surface area contributed by atoms with Gasteiger partial charge in [-0.05, 0) is 18.6 Å². The summed E-state index contributed by atoms with van der Waals surface area (Å²) in [5.74, 6) is 2.13. The van der Waals surface area contributed by atoms with Crippen molar-refractivity contribution in [2.45, 2.75) is 13.3 Å². The Morgan fingerprint density at radius 2 is 2.25 bits per heavy atom. The highest BCUT2D eigenvalue weighted by Crippen LogP contribution is 2.17. The van der Waals surface area contributed by atoms with Gasteiger partial charge in [-0.15, -0.1) is 0 Å². The highest BCUT2D eigenvalue weighted by atomic mass is 16.3. The minimum atomic E-state index is 0.493. The Labute approximate surface area is 115 Å². The van der Waals surface area contributed by atoms with E-state index in [-0.39, 0.29) is 0 Å². The number of imidazole rings is 1. The van der Waals surface area contributed by atoms with Crippen LogP contribution in [0, 0.1) is 0 Å². The lowest BCUT2D eigenvalue weighted by atomic mass is 10.4. The molecule has 0 radical (unpaired) electrons. The van der Waals surface area contributed by atoms with Crippen LogP contribution in [0.25, 0.3) is 17.5 Å². The Balaban J connectivity index is 2.03. The van der Waals surface area contributed by atoms with Crippen LogP contribution in [0.2, 0.25) is 0 Å². The van der Waals surface area contributed by atoms with Gasteiger partial charge in [0.15, 0.2) is 5.76 Å². The molecule has 0 saturated carbocycles. The van der Waals surface area contributed by atoms with Crippen LogP contribution in [0.4, 0.5) is 5.95 Å². The molecule has 0 amide bonds. The second kappa shape index (κ2) is 5.52. The van der Waals surface area contributed by atoms with Crippen LogP contribution in [-0.4, -0.2) is 31.0 Å². The Bertz CT molecular complexity index is 610. The molecule has 7 nitrogen and oxygen atoms in total. The fraction of sp³-hybridized carbons (Fsp3) is 0.231. The first kappa shape index (κ1) is 12.3. The monoisotopic (exact) mass is 270 g/mol. The van der Waals surface area contributed by atoms with Gasteiger partial charge >= 0.3 is 0 Å². The molecule has 7 heteroatoms. The summed E-state index contributed by atoms with van der Waals surface area (Å²) in [5, 5.41) is 3.16. The van der Waals surface area contributed by atoms with Crippen molar-refractivity contribution in [1.29, 1.82) is 0 Å². The van der Waals surface area contributed by atoms with Crippen molar-refractivity contribution in [3.05, 3.63) is 37.1 Å². The standard InChI is InChI=1S/C13H14N6O/c1-2-5-15-12-16-11(10-4-3-8-20-10)17-13(18-12)19-7-6-14-9-19/h3-4,6-9H,2,5H2,1H3,(H,15,16,17,18). The van der Waals surface area contributed by atoms with Gasteiger partial charge in [-0.25, -0.2) is 4.98 Å². The molecule has 0 saturated heterocycles. The van der Waals surface area contributed by atoms with Crippen molar-refractivity contribution < 1.29 is 4.42 Å². The molecular formula is C13H14N6O. The summed E-state index contributed by atoms with van der Waals surface area (Å²) in [4.78, 5) is 17.1. The maximum Gasteiger partial charge on any atom is 0.240 e. The molecule has 1 N–H and O–H groups in total. The Hall–Kier alpha value is -2.70. The summed E-state index contributed by atoms with van der Waals surface area (Å²) >= 11 is 0. The lowest BCUT2D eigenvalue weighted by Crippen LogP contribution is -2.09. The van der Waals surface area contributed by atoms with Gasteiger partial charge in [-0.3, -0.25) is 4.57 Å². The SMILES string of the molecule is CCCNc1nc(-c2ccco2)nc(-n2ccnc2)n1. The second-order valence-electron chi connectivity index (χ2n) is 4.16. The summed E-state index contributed by atoms with van der Waals surface area (Å²) in [6.07, 6.45) is 7.68. The summed E-state index contributed by atoms with van der Waals surface area (Å²) in [6, 6.07) is 3.62. The third-order valence-electron chi connectivity index (χ3n) is 2.63. The van der Waals surface area contributed by atoms with Crippen molar-refractivity contribution in [3.8, 4) is 17.5 Å². The molecular weight excluding hydrogens is 256 g/mol. The average molecular weight is 270 g/mol. The van der Waals surface area contributed by atoms with Crippen molar-refractivity contribution in [1.82, 2.24) is 24.5 Å². The largest absolute Gasteiger partial charge is 0.461 e. The highest BCUT2D eigenvalue weighted by molar-refractivity contribution is 5.49. The molecule has 20 heavy (non-hydrogen) atoms. The Morgan fingerprint density at radius 1 is 1.30 bits per heavy atom. The molecule has 0 aliphatic carbocycles. The van der Waals surface area contributed by atoms with E-state index in [0.717, 1.165) is 13.0 Å². The molecule has 0 atom stereocenters. The van der Waals surface area contributed by atoms with Crippen LogP contribution in [-0.2, 0) is 0 Å². The van der Waals surface area contributed by atoms with Crippen molar-refractivity contribution >= 4 is 5.95 Å². The zero-order valence-electron chi connectivity index (χ0n) is 11.0. The smallest absolute Gasteiger partial charge is 0.240 e. The van der Waals surface area contributed by atoms with Crippen molar-refractivity contribution in [3.63, 3.8) is 0 Å². The van der Waals surface area contributed by atoms with Crippen LogP contribution in [0.3, 0.4) is 0 Å². The van der Waals surface area contributed by atoms with E-state index >= 15 is 0 Å². The maximum absolute atomic E-state index is 5.35. The molecule has 3 aromatic heterocycles. The third-order valence-corrected chi connectivity index (χ3v) is 2.63. The fourth-order valence-corrected chi connectivity index (χ4v) is 1.69. The lowest BCUT2D eigenvalue weighted by molar-refractivity contribution is 0.576. The van der Waals surface area contributed by atoms with Crippen molar-refractivity contribution in [2.24, 2.45) is 0 Å².